The van der Waals surface area contributed by atoms with Gasteiger partial charge in [0, 0.05) is 11.1 Å². The van der Waals surface area contributed by atoms with Crippen LogP contribution in [0.3, 0.4) is 0 Å². The zero-order valence-electron chi connectivity index (χ0n) is 13.1. The van der Waals surface area contributed by atoms with Crippen LogP contribution in [0.2, 0.25) is 0 Å². The van der Waals surface area contributed by atoms with Crippen molar-refractivity contribution in [3.8, 4) is 22.5 Å². The molecule has 0 saturated heterocycles. The standard InChI is InChI=1S/C18H13F3N2OS/c1-25-15-10-14(13-4-2-3-9-22-13)23-17(24)16(15)11-5-7-12(8-6-11)18(19,20)21/h2-10H,1H3,(H,23,24). The molecule has 25 heavy (non-hydrogen) atoms. The Kier molecular flexibility index (Phi) is 4.67. The Morgan fingerprint density at radius 1 is 1.08 bits per heavy atom. The average molecular weight is 362 g/mol. The van der Waals surface area contributed by atoms with Crippen LogP contribution in [0.5, 0.6) is 0 Å². The van der Waals surface area contributed by atoms with Gasteiger partial charge in [0.05, 0.1) is 22.5 Å². The van der Waals surface area contributed by atoms with Crippen LogP contribution in [-0.2, 0) is 6.18 Å². The number of H-pyrrole nitrogens is 1. The van der Waals surface area contributed by atoms with E-state index in [2.05, 4.69) is 9.97 Å². The molecule has 0 fully saturated rings. The van der Waals surface area contributed by atoms with Crippen molar-refractivity contribution >= 4 is 11.8 Å². The van der Waals surface area contributed by atoms with Crippen LogP contribution >= 0.6 is 11.8 Å². The minimum Gasteiger partial charge on any atom is -0.320 e. The van der Waals surface area contributed by atoms with Gasteiger partial charge in [0.25, 0.3) is 5.56 Å². The van der Waals surface area contributed by atoms with E-state index in [4.69, 9.17) is 0 Å². The predicted octanol–water partition coefficient (Wildman–Crippen LogP) is 4.84. The van der Waals surface area contributed by atoms with Gasteiger partial charge in [0.1, 0.15) is 0 Å². The molecular formula is C18H13F3N2OS. The minimum atomic E-state index is -4.41. The molecule has 7 heteroatoms. The molecule has 0 spiro atoms. The molecule has 2 heterocycles. The van der Waals surface area contributed by atoms with Gasteiger partial charge in [-0.25, -0.2) is 0 Å². The first kappa shape index (κ1) is 17.3. The van der Waals surface area contributed by atoms with Crippen LogP contribution in [0, 0.1) is 0 Å². The van der Waals surface area contributed by atoms with Gasteiger partial charge in [-0.15, -0.1) is 11.8 Å². The Bertz CT molecular complexity index is 935. The van der Waals surface area contributed by atoms with Gasteiger partial charge in [-0.05, 0) is 42.2 Å². The Morgan fingerprint density at radius 3 is 2.36 bits per heavy atom. The maximum atomic E-state index is 12.7. The fourth-order valence-corrected chi connectivity index (χ4v) is 3.11. The summed E-state index contributed by atoms with van der Waals surface area (Å²) in [6.45, 7) is 0. The van der Waals surface area contributed by atoms with Crippen LogP contribution in [-0.4, -0.2) is 16.2 Å². The number of aromatic amines is 1. The number of hydrogen-bond donors (Lipinski definition) is 1. The first-order chi connectivity index (χ1) is 11.9. The fourth-order valence-electron chi connectivity index (χ4n) is 2.46. The number of nitrogens with zero attached hydrogens (tertiary/aromatic N) is 1. The van der Waals surface area contributed by atoms with E-state index in [9.17, 15) is 18.0 Å². The van der Waals surface area contributed by atoms with Crippen molar-refractivity contribution in [3.63, 3.8) is 0 Å². The molecular weight excluding hydrogens is 349 g/mol. The van der Waals surface area contributed by atoms with Crippen molar-refractivity contribution in [1.29, 1.82) is 0 Å². The first-order valence-corrected chi connectivity index (χ1v) is 8.53. The second-order valence-corrected chi connectivity index (χ2v) is 6.09. The lowest BCUT2D eigenvalue weighted by molar-refractivity contribution is -0.137. The number of halogens is 3. The number of pyridine rings is 2. The van der Waals surface area contributed by atoms with Crippen LogP contribution < -0.4 is 5.56 Å². The highest BCUT2D eigenvalue weighted by Crippen LogP contribution is 2.33. The monoisotopic (exact) mass is 362 g/mol. The molecule has 1 aromatic carbocycles. The molecule has 0 aliphatic carbocycles. The summed E-state index contributed by atoms with van der Waals surface area (Å²) < 4.78 is 38.1. The van der Waals surface area contributed by atoms with E-state index in [0.717, 1.165) is 12.1 Å². The highest BCUT2D eigenvalue weighted by atomic mass is 32.2. The second kappa shape index (κ2) is 6.76. The number of rotatable bonds is 3. The molecule has 0 aliphatic heterocycles. The molecule has 0 aliphatic rings. The SMILES string of the molecule is CSc1cc(-c2ccccn2)[nH]c(=O)c1-c1ccc(C(F)(F)F)cc1. The summed E-state index contributed by atoms with van der Waals surface area (Å²) in [5.74, 6) is 0. The summed E-state index contributed by atoms with van der Waals surface area (Å²) in [7, 11) is 0. The molecule has 1 N–H and O–H groups in total. The Hall–Kier alpha value is -2.54. The maximum absolute atomic E-state index is 12.7. The lowest BCUT2D eigenvalue weighted by Gasteiger charge is -2.11. The van der Waals surface area contributed by atoms with Gasteiger partial charge < -0.3 is 4.98 Å². The fraction of sp³-hybridized carbons (Fsp3) is 0.111. The summed E-state index contributed by atoms with van der Waals surface area (Å²) >= 11 is 1.35. The number of benzene rings is 1. The summed E-state index contributed by atoms with van der Waals surface area (Å²) in [4.78, 5) is 20.2. The average Bonchev–Trinajstić information content (AvgIpc) is 2.61. The van der Waals surface area contributed by atoms with E-state index in [0.29, 0.717) is 27.4 Å². The van der Waals surface area contributed by atoms with Crippen LogP contribution in [0.1, 0.15) is 5.56 Å². The minimum absolute atomic E-state index is 0.348. The lowest BCUT2D eigenvalue weighted by Crippen LogP contribution is -2.12. The van der Waals surface area contributed by atoms with Crippen LogP contribution in [0.4, 0.5) is 13.2 Å². The predicted molar refractivity (Wildman–Crippen MR) is 92.5 cm³/mol. The number of hydrogen-bond acceptors (Lipinski definition) is 3. The van der Waals surface area contributed by atoms with Crippen molar-refractivity contribution in [2.75, 3.05) is 6.26 Å². The summed E-state index contributed by atoms with van der Waals surface area (Å²) in [5.41, 5.74) is 0.849. The number of alkyl halides is 3. The highest BCUT2D eigenvalue weighted by molar-refractivity contribution is 7.98. The molecule has 0 saturated carbocycles. The Labute approximate surface area is 145 Å². The van der Waals surface area contributed by atoms with Crippen molar-refractivity contribution in [3.05, 3.63) is 70.6 Å². The Morgan fingerprint density at radius 2 is 1.80 bits per heavy atom. The van der Waals surface area contributed by atoms with Gasteiger partial charge in [-0.1, -0.05) is 18.2 Å². The number of nitrogens with one attached hydrogen (secondary N) is 1. The summed E-state index contributed by atoms with van der Waals surface area (Å²) in [6, 6.07) is 11.7. The van der Waals surface area contributed by atoms with Gasteiger partial charge >= 0.3 is 6.18 Å². The van der Waals surface area contributed by atoms with Crippen molar-refractivity contribution < 1.29 is 13.2 Å². The van der Waals surface area contributed by atoms with E-state index in [1.165, 1.54) is 23.9 Å². The molecule has 0 amide bonds. The molecule has 3 aromatic rings. The van der Waals surface area contributed by atoms with E-state index in [1.807, 2.05) is 12.3 Å². The van der Waals surface area contributed by atoms with Crippen LogP contribution in [0.25, 0.3) is 22.5 Å². The van der Waals surface area contributed by atoms with Crippen molar-refractivity contribution in [1.82, 2.24) is 9.97 Å². The van der Waals surface area contributed by atoms with E-state index in [1.54, 1.807) is 24.4 Å². The lowest BCUT2D eigenvalue weighted by atomic mass is 10.0. The van der Waals surface area contributed by atoms with E-state index in [-0.39, 0.29) is 5.56 Å². The molecule has 2 aromatic heterocycles. The topological polar surface area (TPSA) is 45.8 Å². The highest BCUT2D eigenvalue weighted by Gasteiger charge is 2.30. The van der Waals surface area contributed by atoms with E-state index >= 15 is 0 Å². The van der Waals surface area contributed by atoms with Gasteiger partial charge in [-0.2, -0.15) is 13.2 Å². The van der Waals surface area contributed by atoms with E-state index < -0.39 is 11.7 Å². The van der Waals surface area contributed by atoms with Gasteiger partial charge in [0.2, 0.25) is 0 Å². The van der Waals surface area contributed by atoms with Crippen molar-refractivity contribution in [2.45, 2.75) is 11.1 Å². The smallest absolute Gasteiger partial charge is 0.320 e. The maximum Gasteiger partial charge on any atom is 0.416 e. The molecule has 0 unspecified atom stereocenters. The van der Waals surface area contributed by atoms with Crippen LogP contribution in [0.15, 0.2) is 64.4 Å². The molecule has 128 valence electrons. The molecule has 3 rings (SSSR count). The molecule has 0 radical (unpaired) electrons. The third-order valence-electron chi connectivity index (χ3n) is 3.66. The Balaban J connectivity index is 2.09. The van der Waals surface area contributed by atoms with Crippen molar-refractivity contribution in [2.24, 2.45) is 0 Å². The summed E-state index contributed by atoms with van der Waals surface area (Å²) in [6.07, 6.45) is -0.975. The molecule has 3 nitrogen and oxygen atoms in total. The van der Waals surface area contributed by atoms with Gasteiger partial charge in [0.15, 0.2) is 0 Å². The zero-order valence-corrected chi connectivity index (χ0v) is 13.9. The third-order valence-corrected chi connectivity index (χ3v) is 4.42. The first-order valence-electron chi connectivity index (χ1n) is 7.30. The van der Waals surface area contributed by atoms with Gasteiger partial charge in [-0.3, -0.25) is 9.78 Å². The normalized spacial score (nSPS) is 11.5. The second-order valence-electron chi connectivity index (χ2n) is 5.25. The molecule has 0 bridgehead atoms. The number of aromatic nitrogens is 2. The summed E-state index contributed by atoms with van der Waals surface area (Å²) in [5, 5.41) is 0. The zero-order chi connectivity index (χ0) is 18.0. The number of thioether (sulfide) groups is 1. The molecule has 0 atom stereocenters. The quantitative estimate of drug-likeness (QED) is 0.678. The third kappa shape index (κ3) is 3.61. The largest absolute Gasteiger partial charge is 0.416 e.